The third-order valence-corrected chi connectivity index (χ3v) is 4.20. The topological polar surface area (TPSA) is 64.4 Å². The number of anilines is 1. The van der Waals surface area contributed by atoms with Gasteiger partial charge in [-0.2, -0.15) is 4.98 Å². The van der Waals surface area contributed by atoms with Gasteiger partial charge in [-0.1, -0.05) is 12.8 Å². The molecular weight excluding hydrogens is 287 g/mol. The standard InChI is InChI=1S/C16H19FN2O3/c1-2-21-14(20)16(7-3-4-8-16)10-18-15-19-12-9-11(17)5-6-13(12)22-15/h5-6,9H,2-4,7-8,10H2,1H3,(H,18,19). The van der Waals surface area contributed by atoms with E-state index in [4.69, 9.17) is 9.15 Å². The maximum absolute atomic E-state index is 13.2. The first-order chi connectivity index (χ1) is 10.6. The maximum Gasteiger partial charge on any atom is 0.313 e. The molecule has 1 fully saturated rings. The number of fused-ring (bicyclic) bond motifs is 1. The summed E-state index contributed by atoms with van der Waals surface area (Å²) < 4.78 is 23.9. The quantitative estimate of drug-likeness (QED) is 0.856. The number of nitrogens with one attached hydrogen (secondary N) is 1. The Balaban J connectivity index is 1.74. The van der Waals surface area contributed by atoms with Crippen LogP contribution < -0.4 is 5.32 Å². The fourth-order valence-electron chi connectivity index (χ4n) is 3.01. The van der Waals surface area contributed by atoms with E-state index in [0.717, 1.165) is 25.7 Å². The summed E-state index contributed by atoms with van der Waals surface area (Å²) in [7, 11) is 0. The summed E-state index contributed by atoms with van der Waals surface area (Å²) in [6.07, 6.45) is 3.62. The van der Waals surface area contributed by atoms with E-state index in [2.05, 4.69) is 10.3 Å². The van der Waals surface area contributed by atoms with Crippen LogP contribution in [0.25, 0.3) is 11.1 Å². The van der Waals surface area contributed by atoms with Gasteiger partial charge in [0.1, 0.15) is 11.3 Å². The highest BCUT2D eigenvalue weighted by Crippen LogP contribution is 2.39. The minimum Gasteiger partial charge on any atom is -0.466 e. The highest BCUT2D eigenvalue weighted by molar-refractivity contribution is 5.78. The van der Waals surface area contributed by atoms with Gasteiger partial charge < -0.3 is 14.5 Å². The first-order valence-electron chi connectivity index (χ1n) is 7.60. The van der Waals surface area contributed by atoms with Gasteiger partial charge in [-0.25, -0.2) is 4.39 Å². The zero-order chi connectivity index (χ0) is 15.6. The molecule has 0 radical (unpaired) electrons. The molecule has 6 heteroatoms. The molecule has 0 aliphatic heterocycles. The van der Waals surface area contributed by atoms with E-state index in [1.54, 1.807) is 6.07 Å². The van der Waals surface area contributed by atoms with Gasteiger partial charge in [-0.05, 0) is 31.9 Å². The van der Waals surface area contributed by atoms with Crippen molar-refractivity contribution in [3.8, 4) is 0 Å². The SMILES string of the molecule is CCOC(=O)C1(CNc2nc3cc(F)ccc3o2)CCCC1. The zero-order valence-electron chi connectivity index (χ0n) is 12.5. The molecule has 1 aliphatic rings. The second-order valence-electron chi connectivity index (χ2n) is 5.69. The summed E-state index contributed by atoms with van der Waals surface area (Å²) in [4.78, 5) is 16.4. The van der Waals surface area contributed by atoms with Crippen LogP contribution in [-0.4, -0.2) is 24.1 Å². The predicted molar refractivity (Wildman–Crippen MR) is 80.0 cm³/mol. The van der Waals surface area contributed by atoms with Crippen molar-refractivity contribution >= 4 is 23.1 Å². The average Bonchev–Trinajstić information content (AvgIpc) is 3.12. The average molecular weight is 306 g/mol. The Bertz CT molecular complexity index is 677. The van der Waals surface area contributed by atoms with Crippen molar-refractivity contribution in [1.82, 2.24) is 4.98 Å². The summed E-state index contributed by atoms with van der Waals surface area (Å²) in [5, 5.41) is 3.07. The lowest BCUT2D eigenvalue weighted by atomic mass is 9.86. The Kier molecular flexibility index (Phi) is 4.00. The Morgan fingerprint density at radius 3 is 2.95 bits per heavy atom. The third-order valence-electron chi connectivity index (χ3n) is 4.20. The van der Waals surface area contributed by atoms with Crippen molar-refractivity contribution in [3.63, 3.8) is 0 Å². The Morgan fingerprint density at radius 1 is 1.45 bits per heavy atom. The van der Waals surface area contributed by atoms with Crippen molar-refractivity contribution in [1.29, 1.82) is 0 Å². The number of oxazole rings is 1. The van der Waals surface area contributed by atoms with Gasteiger partial charge in [-0.3, -0.25) is 4.79 Å². The molecule has 0 spiro atoms. The summed E-state index contributed by atoms with van der Waals surface area (Å²) in [5.74, 6) is -0.520. The maximum atomic E-state index is 13.2. The molecule has 3 rings (SSSR count). The van der Waals surface area contributed by atoms with Gasteiger partial charge >= 0.3 is 5.97 Å². The second kappa shape index (κ2) is 5.94. The largest absolute Gasteiger partial charge is 0.466 e. The molecule has 2 aromatic rings. The monoisotopic (exact) mass is 306 g/mol. The van der Waals surface area contributed by atoms with Crippen LogP contribution in [0.2, 0.25) is 0 Å². The van der Waals surface area contributed by atoms with Crippen LogP contribution in [0.3, 0.4) is 0 Å². The van der Waals surface area contributed by atoms with Crippen LogP contribution in [0, 0.1) is 11.2 Å². The van der Waals surface area contributed by atoms with Gasteiger partial charge in [0.2, 0.25) is 0 Å². The molecule has 1 saturated carbocycles. The first kappa shape index (κ1) is 14.8. The van der Waals surface area contributed by atoms with Crippen LogP contribution in [0.15, 0.2) is 22.6 Å². The summed E-state index contributed by atoms with van der Waals surface area (Å²) >= 11 is 0. The van der Waals surface area contributed by atoms with Crippen LogP contribution in [0.5, 0.6) is 0 Å². The molecule has 1 aromatic carbocycles. The van der Waals surface area contributed by atoms with E-state index in [-0.39, 0.29) is 11.8 Å². The number of aromatic nitrogens is 1. The highest BCUT2D eigenvalue weighted by Gasteiger charge is 2.42. The minimum atomic E-state index is -0.512. The highest BCUT2D eigenvalue weighted by atomic mass is 19.1. The normalized spacial score (nSPS) is 16.8. The second-order valence-corrected chi connectivity index (χ2v) is 5.69. The van der Waals surface area contributed by atoms with E-state index in [9.17, 15) is 9.18 Å². The molecule has 22 heavy (non-hydrogen) atoms. The van der Waals surface area contributed by atoms with E-state index in [1.807, 2.05) is 6.92 Å². The minimum absolute atomic E-state index is 0.165. The van der Waals surface area contributed by atoms with E-state index in [1.165, 1.54) is 12.1 Å². The molecule has 0 atom stereocenters. The summed E-state index contributed by atoms with van der Waals surface area (Å²) in [6, 6.07) is 4.49. The number of carbonyl (C=O) groups is 1. The van der Waals surface area contributed by atoms with Crippen molar-refractivity contribution in [2.24, 2.45) is 5.41 Å². The van der Waals surface area contributed by atoms with E-state index >= 15 is 0 Å². The molecule has 0 unspecified atom stereocenters. The van der Waals surface area contributed by atoms with Crippen LogP contribution in [0.1, 0.15) is 32.6 Å². The molecule has 0 amide bonds. The van der Waals surface area contributed by atoms with E-state index in [0.29, 0.717) is 30.3 Å². The van der Waals surface area contributed by atoms with E-state index < -0.39 is 5.41 Å². The number of carbonyl (C=O) groups excluding carboxylic acids is 1. The van der Waals surface area contributed by atoms with Gasteiger partial charge in [0.25, 0.3) is 6.01 Å². The van der Waals surface area contributed by atoms with Crippen LogP contribution in [0.4, 0.5) is 10.4 Å². The molecule has 0 saturated heterocycles. The number of halogens is 1. The number of esters is 1. The Morgan fingerprint density at radius 2 is 2.23 bits per heavy atom. The lowest BCUT2D eigenvalue weighted by Gasteiger charge is -2.26. The summed E-state index contributed by atoms with van der Waals surface area (Å²) in [5.41, 5.74) is 0.460. The molecule has 0 bridgehead atoms. The molecule has 1 heterocycles. The van der Waals surface area contributed by atoms with Gasteiger partial charge in [-0.15, -0.1) is 0 Å². The number of rotatable bonds is 5. The van der Waals surface area contributed by atoms with Crippen molar-refractivity contribution in [2.75, 3.05) is 18.5 Å². The summed E-state index contributed by atoms with van der Waals surface area (Å²) in [6.45, 7) is 2.60. The zero-order valence-corrected chi connectivity index (χ0v) is 12.5. The number of nitrogens with zero attached hydrogens (tertiary/aromatic N) is 1. The molecule has 1 aromatic heterocycles. The Hall–Kier alpha value is -2.11. The number of hydrogen-bond acceptors (Lipinski definition) is 5. The molecule has 118 valence electrons. The molecule has 5 nitrogen and oxygen atoms in total. The fourth-order valence-corrected chi connectivity index (χ4v) is 3.01. The predicted octanol–water partition coefficient (Wildman–Crippen LogP) is 3.50. The van der Waals surface area contributed by atoms with Gasteiger partial charge in [0.15, 0.2) is 5.58 Å². The fraction of sp³-hybridized carbons (Fsp3) is 0.500. The van der Waals surface area contributed by atoms with Gasteiger partial charge in [0, 0.05) is 12.6 Å². The first-order valence-corrected chi connectivity index (χ1v) is 7.60. The number of benzene rings is 1. The van der Waals surface area contributed by atoms with Gasteiger partial charge in [0.05, 0.1) is 12.0 Å². The molecular formula is C16H19FN2O3. The van der Waals surface area contributed by atoms with Crippen molar-refractivity contribution in [3.05, 3.63) is 24.0 Å². The van der Waals surface area contributed by atoms with Crippen LogP contribution in [-0.2, 0) is 9.53 Å². The molecule has 1 N–H and O–H groups in total. The van der Waals surface area contributed by atoms with Crippen LogP contribution >= 0.6 is 0 Å². The van der Waals surface area contributed by atoms with Crippen molar-refractivity contribution < 1.29 is 18.3 Å². The third kappa shape index (κ3) is 2.77. The lowest BCUT2D eigenvalue weighted by molar-refractivity contribution is -0.154. The smallest absolute Gasteiger partial charge is 0.313 e. The Labute approximate surface area is 127 Å². The lowest BCUT2D eigenvalue weighted by Crippen LogP contribution is -2.37. The number of hydrogen-bond donors (Lipinski definition) is 1. The number of ether oxygens (including phenoxy) is 1. The molecule has 1 aliphatic carbocycles. The van der Waals surface area contributed by atoms with Crippen molar-refractivity contribution in [2.45, 2.75) is 32.6 Å².